The molecule has 0 saturated heterocycles. The SMILES string of the molecule is COc1cc(C)ccc1OCC(=O)Nc1ccc(NC(=O)C(C)Oc2ccccc2Cl)cc1. The van der Waals surface area contributed by atoms with Gasteiger partial charge in [0.25, 0.3) is 11.8 Å². The molecule has 3 rings (SSSR count). The number of hydrogen-bond donors (Lipinski definition) is 2. The molecule has 1 atom stereocenters. The van der Waals surface area contributed by atoms with Gasteiger partial charge in [0.1, 0.15) is 5.75 Å². The van der Waals surface area contributed by atoms with Crippen LogP contribution in [-0.4, -0.2) is 31.6 Å². The molecule has 0 aromatic heterocycles. The molecule has 3 aromatic rings. The van der Waals surface area contributed by atoms with Gasteiger partial charge in [-0.1, -0.05) is 29.8 Å². The summed E-state index contributed by atoms with van der Waals surface area (Å²) in [5.41, 5.74) is 2.16. The molecule has 0 fully saturated rings. The van der Waals surface area contributed by atoms with Crippen molar-refractivity contribution >= 4 is 34.8 Å². The van der Waals surface area contributed by atoms with Gasteiger partial charge >= 0.3 is 0 Å². The number of methoxy groups -OCH3 is 1. The van der Waals surface area contributed by atoms with E-state index in [2.05, 4.69) is 10.6 Å². The molecule has 0 aliphatic rings. The summed E-state index contributed by atoms with van der Waals surface area (Å²) in [4.78, 5) is 24.6. The number of carbonyl (C=O) groups excluding carboxylic acids is 2. The number of ether oxygens (including phenoxy) is 3. The number of rotatable bonds is 9. The van der Waals surface area contributed by atoms with E-state index in [1.165, 1.54) is 0 Å². The smallest absolute Gasteiger partial charge is 0.265 e. The van der Waals surface area contributed by atoms with E-state index in [0.717, 1.165) is 5.56 Å². The normalized spacial score (nSPS) is 11.3. The van der Waals surface area contributed by atoms with Crippen molar-refractivity contribution in [3.63, 3.8) is 0 Å². The van der Waals surface area contributed by atoms with E-state index in [1.54, 1.807) is 68.6 Å². The van der Waals surface area contributed by atoms with Gasteiger partial charge in [-0.15, -0.1) is 0 Å². The van der Waals surface area contributed by atoms with Crippen molar-refractivity contribution in [1.29, 1.82) is 0 Å². The Kier molecular flexibility index (Phi) is 8.16. The molecule has 7 nitrogen and oxygen atoms in total. The molecule has 2 N–H and O–H groups in total. The Morgan fingerprint density at radius 2 is 1.58 bits per heavy atom. The molecule has 0 bridgehead atoms. The van der Waals surface area contributed by atoms with E-state index in [9.17, 15) is 9.59 Å². The van der Waals surface area contributed by atoms with Gasteiger partial charge in [0.05, 0.1) is 12.1 Å². The van der Waals surface area contributed by atoms with E-state index >= 15 is 0 Å². The van der Waals surface area contributed by atoms with Crippen LogP contribution in [0.1, 0.15) is 12.5 Å². The lowest BCUT2D eigenvalue weighted by Crippen LogP contribution is -2.30. The van der Waals surface area contributed by atoms with E-state index in [0.29, 0.717) is 33.6 Å². The van der Waals surface area contributed by atoms with Crippen molar-refractivity contribution in [2.45, 2.75) is 20.0 Å². The van der Waals surface area contributed by atoms with E-state index < -0.39 is 6.10 Å². The van der Waals surface area contributed by atoms with Gasteiger partial charge in [-0.25, -0.2) is 0 Å². The first-order valence-corrected chi connectivity index (χ1v) is 10.6. The molecular formula is C25H25ClN2O5. The average Bonchev–Trinajstić information content (AvgIpc) is 2.80. The molecule has 0 spiro atoms. The van der Waals surface area contributed by atoms with Crippen molar-refractivity contribution < 1.29 is 23.8 Å². The maximum absolute atomic E-state index is 12.4. The fourth-order valence-electron chi connectivity index (χ4n) is 2.90. The predicted octanol–water partition coefficient (Wildman–Crippen LogP) is 5.08. The quantitative estimate of drug-likeness (QED) is 0.457. The van der Waals surface area contributed by atoms with Gasteiger partial charge in [-0.2, -0.15) is 0 Å². The first kappa shape index (κ1) is 23.9. The van der Waals surface area contributed by atoms with Crippen LogP contribution in [0.15, 0.2) is 66.7 Å². The zero-order valence-corrected chi connectivity index (χ0v) is 19.3. The van der Waals surface area contributed by atoms with Crippen molar-refractivity contribution in [2.75, 3.05) is 24.4 Å². The van der Waals surface area contributed by atoms with Crippen molar-refractivity contribution in [3.8, 4) is 17.2 Å². The molecule has 2 amide bonds. The lowest BCUT2D eigenvalue weighted by Gasteiger charge is -2.16. The van der Waals surface area contributed by atoms with Gasteiger partial charge in [0.2, 0.25) is 0 Å². The van der Waals surface area contributed by atoms with Gasteiger partial charge in [-0.05, 0) is 67.9 Å². The molecule has 1 unspecified atom stereocenters. The summed E-state index contributed by atoms with van der Waals surface area (Å²) in [5, 5.41) is 5.95. The minimum Gasteiger partial charge on any atom is -0.493 e. The van der Waals surface area contributed by atoms with E-state index in [1.807, 2.05) is 19.1 Å². The highest BCUT2D eigenvalue weighted by atomic mass is 35.5. The second-order valence-electron chi connectivity index (χ2n) is 7.25. The fourth-order valence-corrected chi connectivity index (χ4v) is 3.08. The van der Waals surface area contributed by atoms with Crippen LogP contribution in [-0.2, 0) is 9.59 Å². The van der Waals surface area contributed by atoms with Crippen molar-refractivity contribution in [1.82, 2.24) is 0 Å². The Morgan fingerprint density at radius 3 is 2.24 bits per heavy atom. The van der Waals surface area contributed by atoms with Crippen LogP contribution in [0.4, 0.5) is 11.4 Å². The highest BCUT2D eigenvalue weighted by Gasteiger charge is 2.16. The third-order valence-corrected chi connectivity index (χ3v) is 4.94. The number of anilines is 2. The molecule has 8 heteroatoms. The number of hydrogen-bond acceptors (Lipinski definition) is 5. The van der Waals surface area contributed by atoms with Gasteiger partial charge < -0.3 is 24.8 Å². The second-order valence-corrected chi connectivity index (χ2v) is 7.66. The van der Waals surface area contributed by atoms with Gasteiger partial charge in [0, 0.05) is 11.4 Å². The van der Waals surface area contributed by atoms with Gasteiger partial charge in [0.15, 0.2) is 24.2 Å². The van der Waals surface area contributed by atoms with Crippen LogP contribution in [0, 0.1) is 6.92 Å². The lowest BCUT2D eigenvalue weighted by molar-refractivity contribution is -0.122. The maximum atomic E-state index is 12.4. The summed E-state index contributed by atoms with van der Waals surface area (Å²) in [5.74, 6) is 0.841. The lowest BCUT2D eigenvalue weighted by atomic mass is 10.2. The molecule has 0 heterocycles. The fraction of sp³-hybridized carbons (Fsp3) is 0.200. The topological polar surface area (TPSA) is 85.9 Å². The first-order chi connectivity index (χ1) is 15.9. The van der Waals surface area contributed by atoms with Gasteiger partial charge in [-0.3, -0.25) is 9.59 Å². The first-order valence-electron chi connectivity index (χ1n) is 10.2. The second kappa shape index (κ2) is 11.2. The maximum Gasteiger partial charge on any atom is 0.265 e. The van der Waals surface area contributed by atoms with E-state index in [-0.39, 0.29) is 18.4 Å². The van der Waals surface area contributed by atoms with Crippen molar-refractivity contribution in [2.24, 2.45) is 0 Å². The van der Waals surface area contributed by atoms with Crippen LogP contribution >= 0.6 is 11.6 Å². The third-order valence-electron chi connectivity index (χ3n) is 4.62. The molecule has 0 aliphatic carbocycles. The van der Waals surface area contributed by atoms with Crippen LogP contribution in [0.3, 0.4) is 0 Å². The number of amides is 2. The third kappa shape index (κ3) is 6.89. The van der Waals surface area contributed by atoms with Crippen LogP contribution < -0.4 is 24.8 Å². The number of nitrogens with one attached hydrogen (secondary N) is 2. The zero-order valence-electron chi connectivity index (χ0n) is 18.6. The minimum absolute atomic E-state index is 0.172. The van der Waals surface area contributed by atoms with Crippen LogP contribution in [0.2, 0.25) is 5.02 Å². The van der Waals surface area contributed by atoms with Crippen LogP contribution in [0.25, 0.3) is 0 Å². The molecule has 3 aromatic carbocycles. The summed E-state index contributed by atoms with van der Waals surface area (Å²) in [7, 11) is 1.55. The zero-order chi connectivity index (χ0) is 23.8. The monoisotopic (exact) mass is 468 g/mol. The Bertz CT molecular complexity index is 1120. The standard InChI is InChI=1S/C25H25ClN2O5/c1-16-8-13-22(23(14-16)31-3)32-15-24(29)27-18-9-11-19(12-10-18)28-25(30)17(2)33-21-7-5-4-6-20(21)26/h4-14,17H,15H2,1-3H3,(H,27,29)(H,28,30). The Morgan fingerprint density at radius 1 is 0.909 bits per heavy atom. The number of para-hydroxylation sites is 1. The minimum atomic E-state index is -0.750. The Hall–Kier alpha value is -3.71. The molecule has 0 saturated carbocycles. The molecule has 0 aliphatic heterocycles. The molecular weight excluding hydrogens is 444 g/mol. The largest absolute Gasteiger partial charge is 0.493 e. The Balaban J connectivity index is 1.50. The highest BCUT2D eigenvalue weighted by Crippen LogP contribution is 2.28. The molecule has 33 heavy (non-hydrogen) atoms. The van der Waals surface area contributed by atoms with Crippen LogP contribution in [0.5, 0.6) is 17.2 Å². The van der Waals surface area contributed by atoms with Crippen molar-refractivity contribution in [3.05, 3.63) is 77.3 Å². The number of carbonyl (C=O) groups is 2. The number of benzene rings is 3. The highest BCUT2D eigenvalue weighted by molar-refractivity contribution is 6.32. The number of halogens is 1. The summed E-state index contributed by atoms with van der Waals surface area (Å²) < 4.78 is 16.4. The molecule has 172 valence electrons. The summed E-state index contributed by atoms with van der Waals surface area (Å²) in [6.07, 6.45) is -0.750. The summed E-state index contributed by atoms with van der Waals surface area (Å²) in [6, 6.07) is 19.1. The van der Waals surface area contributed by atoms with E-state index in [4.69, 9.17) is 25.8 Å². The predicted molar refractivity (Wildman–Crippen MR) is 128 cm³/mol. The number of aryl methyl sites for hydroxylation is 1. The summed E-state index contributed by atoms with van der Waals surface area (Å²) >= 11 is 6.06. The average molecular weight is 469 g/mol. The molecule has 0 radical (unpaired) electrons. The Labute approximate surface area is 197 Å². The summed E-state index contributed by atoms with van der Waals surface area (Å²) in [6.45, 7) is 3.41.